The Balaban J connectivity index is 1.57. The lowest BCUT2D eigenvalue weighted by Crippen LogP contribution is -2.35. The summed E-state index contributed by atoms with van der Waals surface area (Å²) in [5.74, 6) is 0. The van der Waals surface area contributed by atoms with Crippen LogP contribution in [0.5, 0.6) is 0 Å². The number of nitrogens with one attached hydrogen (secondary N) is 1. The van der Waals surface area contributed by atoms with Crippen LogP contribution in [0.4, 0.5) is 5.69 Å². The van der Waals surface area contributed by atoms with Gasteiger partial charge in [-0.15, -0.1) is 0 Å². The van der Waals surface area contributed by atoms with Gasteiger partial charge in [-0.05, 0) is 23.3 Å². The molecular weight excluding hydrogens is 260 g/mol. The van der Waals surface area contributed by atoms with Gasteiger partial charge in [-0.3, -0.25) is 4.90 Å². The number of ether oxygens (including phenoxy) is 1. The molecule has 0 atom stereocenters. The smallest absolute Gasteiger partial charge is 0.0594 e. The van der Waals surface area contributed by atoms with Crippen molar-refractivity contribution in [3.8, 4) is 0 Å². The molecule has 1 saturated heterocycles. The van der Waals surface area contributed by atoms with Crippen molar-refractivity contribution in [3.63, 3.8) is 0 Å². The number of anilines is 1. The second kappa shape index (κ2) is 7.25. The van der Waals surface area contributed by atoms with Crippen LogP contribution < -0.4 is 5.32 Å². The Bertz CT molecular complexity index is 550. The second-order valence-corrected chi connectivity index (χ2v) is 5.43. The number of hydrogen-bond acceptors (Lipinski definition) is 3. The van der Waals surface area contributed by atoms with Crippen molar-refractivity contribution in [1.82, 2.24) is 4.90 Å². The van der Waals surface area contributed by atoms with Gasteiger partial charge in [0.2, 0.25) is 0 Å². The standard InChI is InChI=1S/C18H22N2O/c1-2-5-16(6-3-1)14-19-18-8-4-7-17(13-18)15-20-9-11-21-12-10-20/h1-8,13,19H,9-12,14-15H2. The summed E-state index contributed by atoms with van der Waals surface area (Å²) in [6, 6.07) is 19.2. The summed E-state index contributed by atoms with van der Waals surface area (Å²) < 4.78 is 5.39. The zero-order valence-electron chi connectivity index (χ0n) is 12.3. The Hall–Kier alpha value is -1.84. The van der Waals surface area contributed by atoms with E-state index >= 15 is 0 Å². The van der Waals surface area contributed by atoms with Crippen LogP contribution in [0.25, 0.3) is 0 Å². The van der Waals surface area contributed by atoms with E-state index in [4.69, 9.17) is 4.74 Å². The minimum atomic E-state index is 0.853. The Morgan fingerprint density at radius 3 is 2.48 bits per heavy atom. The van der Waals surface area contributed by atoms with E-state index in [1.807, 2.05) is 6.07 Å². The van der Waals surface area contributed by atoms with E-state index in [1.165, 1.54) is 16.8 Å². The Labute approximate surface area is 126 Å². The van der Waals surface area contributed by atoms with Crippen LogP contribution in [0.2, 0.25) is 0 Å². The van der Waals surface area contributed by atoms with E-state index in [9.17, 15) is 0 Å². The van der Waals surface area contributed by atoms with Crippen molar-refractivity contribution in [1.29, 1.82) is 0 Å². The maximum Gasteiger partial charge on any atom is 0.0594 e. The van der Waals surface area contributed by atoms with Crippen molar-refractivity contribution in [2.75, 3.05) is 31.6 Å². The van der Waals surface area contributed by atoms with Crippen LogP contribution in [0.15, 0.2) is 54.6 Å². The minimum absolute atomic E-state index is 0.853. The molecule has 1 heterocycles. The van der Waals surface area contributed by atoms with Crippen LogP contribution in [0.1, 0.15) is 11.1 Å². The van der Waals surface area contributed by atoms with Crippen molar-refractivity contribution in [2.45, 2.75) is 13.1 Å². The monoisotopic (exact) mass is 282 g/mol. The lowest BCUT2D eigenvalue weighted by Gasteiger charge is -2.26. The summed E-state index contributed by atoms with van der Waals surface area (Å²) in [7, 11) is 0. The molecule has 0 radical (unpaired) electrons. The Morgan fingerprint density at radius 2 is 1.67 bits per heavy atom. The number of benzene rings is 2. The number of morpholine rings is 1. The molecule has 0 unspecified atom stereocenters. The van der Waals surface area contributed by atoms with Gasteiger partial charge in [0.25, 0.3) is 0 Å². The molecule has 3 rings (SSSR count). The van der Waals surface area contributed by atoms with E-state index in [-0.39, 0.29) is 0 Å². The van der Waals surface area contributed by atoms with Gasteiger partial charge in [-0.1, -0.05) is 42.5 Å². The van der Waals surface area contributed by atoms with Gasteiger partial charge in [-0.2, -0.15) is 0 Å². The molecule has 3 nitrogen and oxygen atoms in total. The molecule has 1 aliphatic heterocycles. The van der Waals surface area contributed by atoms with Crippen molar-refractivity contribution in [2.24, 2.45) is 0 Å². The Morgan fingerprint density at radius 1 is 0.905 bits per heavy atom. The fraction of sp³-hybridized carbons (Fsp3) is 0.333. The zero-order chi connectivity index (χ0) is 14.3. The summed E-state index contributed by atoms with van der Waals surface area (Å²) in [5.41, 5.74) is 3.84. The number of nitrogens with zero attached hydrogens (tertiary/aromatic N) is 1. The highest BCUT2D eigenvalue weighted by molar-refractivity contribution is 5.46. The fourth-order valence-electron chi connectivity index (χ4n) is 2.60. The predicted octanol–water partition coefficient (Wildman–Crippen LogP) is 3.13. The van der Waals surface area contributed by atoms with Gasteiger partial charge >= 0.3 is 0 Å². The molecule has 1 aliphatic rings. The third kappa shape index (κ3) is 4.31. The second-order valence-electron chi connectivity index (χ2n) is 5.43. The number of rotatable bonds is 5. The third-order valence-corrected chi connectivity index (χ3v) is 3.78. The van der Waals surface area contributed by atoms with Crippen molar-refractivity contribution in [3.05, 3.63) is 65.7 Å². The molecule has 0 aromatic heterocycles. The molecule has 0 spiro atoms. The number of hydrogen-bond donors (Lipinski definition) is 1. The average molecular weight is 282 g/mol. The molecule has 1 N–H and O–H groups in total. The van der Waals surface area contributed by atoms with Crippen LogP contribution in [-0.4, -0.2) is 31.2 Å². The summed E-state index contributed by atoms with van der Waals surface area (Å²) in [6.45, 7) is 5.63. The van der Waals surface area contributed by atoms with Gasteiger partial charge in [0.05, 0.1) is 13.2 Å². The first kappa shape index (κ1) is 14.1. The van der Waals surface area contributed by atoms with Gasteiger partial charge in [-0.25, -0.2) is 0 Å². The molecule has 3 heteroatoms. The minimum Gasteiger partial charge on any atom is -0.381 e. The Kier molecular flexibility index (Phi) is 4.87. The van der Waals surface area contributed by atoms with Gasteiger partial charge < -0.3 is 10.1 Å². The van der Waals surface area contributed by atoms with E-state index < -0.39 is 0 Å². The summed E-state index contributed by atoms with van der Waals surface area (Å²) >= 11 is 0. The largest absolute Gasteiger partial charge is 0.381 e. The molecule has 0 bridgehead atoms. The third-order valence-electron chi connectivity index (χ3n) is 3.78. The van der Waals surface area contributed by atoms with Gasteiger partial charge in [0, 0.05) is 31.9 Å². The van der Waals surface area contributed by atoms with E-state index in [1.54, 1.807) is 0 Å². The normalized spacial score (nSPS) is 15.8. The van der Waals surface area contributed by atoms with E-state index in [0.29, 0.717) is 0 Å². The molecule has 2 aromatic rings. The maximum atomic E-state index is 5.39. The van der Waals surface area contributed by atoms with Crippen molar-refractivity contribution >= 4 is 5.69 Å². The molecule has 0 saturated carbocycles. The predicted molar refractivity (Wildman–Crippen MR) is 86.3 cm³/mol. The van der Waals surface area contributed by atoms with E-state index in [2.05, 4.69) is 58.7 Å². The molecule has 21 heavy (non-hydrogen) atoms. The summed E-state index contributed by atoms with van der Waals surface area (Å²) in [6.07, 6.45) is 0. The van der Waals surface area contributed by atoms with Crippen molar-refractivity contribution < 1.29 is 4.74 Å². The molecule has 1 fully saturated rings. The molecular formula is C18H22N2O. The first-order valence-corrected chi connectivity index (χ1v) is 7.57. The van der Waals surface area contributed by atoms with E-state index in [0.717, 1.165) is 39.4 Å². The lowest BCUT2D eigenvalue weighted by molar-refractivity contribution is 0.0342. The van der Waals surface area contributed by atoms with Crippen LogP contribution in [0, 0.1) is 0 Å². The summed E-state index contributed by atoms with van der Waals surface area (Å²) in [5, 5.41) is 3.50. The molecule has 0 aliphatic carbocycles. The van der Waals surface area contributed by atoms with Crippen LogP contribution >= 0.6 is 0 Å². The van der Waals surface area contributed by atoms with Gasteiger partial charge in [0.15, 0.2) is 0 Å². The molecule has 110 valence electrons. The van der Waals surface area contributed by atoms with Crippen LogP contribution in [-0.2, 0) is 17.8 Å². The zero-order valence-corrected chi connectivity index (χ0v) is 12.3. The lowest BCUT2D eigenvalue weighted by atomic mass is 10.1. The topological polar surface area (TPSA) is 24.5 Å². The molecule has 2 aromatic carbocycles. The first-order chi connectivity index (χ1) is 10.4. The fourth-order valence-corrected chi connectivity index (χ4v) is 2.60. The maximum absolute atomic E-state index is 5.39. The SMILES string of the molecule is c1ccc(CNc2cccc(CN3CCOCC3)c2)cc1. The van der Waals surface area contributed by atoms with Crippen LogP contribution in [0.3, 0.4) is 0 Å². The first-order valence-electron chi connectivity index (χ1n) is 7.57. The highest BCUT2D eigenvalue weighted by Crippen LogP contribution is 2.14. The van der Waals surface area contributed by atoms with Gasteiger partial charge in [0.1, 0.15) is 0 Å². The quantitative estimate of drug-likeness (QED) is 0.912. The highest BCUT2D eigenvalue weighted by Gasteiger charge is 2.10. The summed E-state index contributed by atoms with van der Waals surface area (Å²) in [4.78, 5) is 2.44. The average Bonchev–Trinajstić information content (AvgIpc) is 2.55. The molecule has 0 amide bonds. The highest BCUT2D eigenvalue weighted by atomic mass is 16.5.